The summed E-state index contributed by atoms with van der Waals surface area (Å²) in [5.74, 6) is 1.32. The Balaban J connectivity index is 1.83. The van der Waals surface area contributed by atoms with E-state index in [1.807, 2.05) is 0 Å². The first-order chi connectivity index (χ1) is 9.24. The Labute approximate surface area is 116 Å². The molecule has 19 heavy (non-hydrogen) atoms. The number of hydrogen-bond donors (Lipinski definition) is 1. The third-order valence-electron chi connectivity index (χ3n) is 3.36. The molecular formula is C15H25N3O. The van der Waals surface area contributed by atoms with Gasteiger partial charge in [0, 0.05) is 12.7 Å². The lowest BCUT2D eigenvalue weighted by atomic mass is 9.98. The van der Waals surface area contributed by atoms with Crippen LogP contribution in [-0.4, -0.2) is 22.6 Å². The summed E-state index contributed by atoms with van der Waals surface area (Å²) in [6.45, 7) is 6.14. The zero-order valence-electron chi connectivity index (χ0n) is 12.1. The molecule has 1 N–H and O–H groups in total. The van der Waals surface area contributed by atoms with Crippen LogP contribution in [0.15, 0.2) is 12.4 Å². The van der Waals surface area contributed by atoms with Crippen molar-refractivity contribution in [2.45, 2.75) is 58.6 Å². The Morgan fingerprint density at radius 2 is 2.05 bits per heavy atom. The van der Waals surface area contributed by atoms with Gasteiger partial charge in [-0.3, -0.25) is 4.98 Å². The van der Waals surface area contributed by atoms with Gasteiger partial charge < -0.3 is 10.1 Å². The maximum atomic E-state index is 5.92. The summed E-state index contributed by atoms with van der Waals surface area (Å²) in [6.07, 6.45) is 10.0. The molecule has 0 bridgehead atoms. The van der Waals surface area contributed by atoms with Crippen LogP contribution >= 0.6 is 0 Å². The first-order valence-corrected chi connectivity index (χ1v) is 7.42. The molecule has 1 fully saturated rings. The first-order valence-electron chi connectivity index (χ1n) is 7.42. The van der Waals surface area contributed by atoms with Crippen molar-refractivity contribution in [3.05, 3.63) is 18.1 Å². The van der Waals surface area contributed by atoms with Crippen LogP contribution in [0.4, 0.5) is 0 Å². The van der Waals surface area contributed by atoms with Crippen LogP contribution in [0.1, 0.15) is 51.6 Å². The highest BCUT2D eigenvalue weighted by Gasteiger charge is 2.15. The largest absolute Gasteiger partial charge is 0.473 e. The molecule has 2 rings (SSSR count). The van der Waals surface area contributed by atoms with Crippen molar-refractivity contribution < 1.29 is 4.74 Å². The van der Waals surface area contributed by atoms with Gasteiger partial charge in [-0.25, -0.2) is 4.98 Å². The second-order valence-corrected chi connectivity index (χ2v) is 5.75. The maximum Gasteiger partial charge on any atom is 0.232 e. The van der Waals surface area contributed by atoms with Crippen molar-refractivity contribution in [3.63, 3.8) is 0 Å². The third kappa shape index (κ3) is 5.15. The average molecular weight is 263 g/mol. The van der Waals surface area contributed by atoms with Crippen LogP contribution in [0.3, 0.4) is 0 Å². The molecule has 1 heterocycles. The Kier molecular flexibility index (Phi) is 5.58. The highest BCUT2D eigenvalue weighted by atomic mass is 16.5. The van der Waals surface area contributed by atoms with E-state index in [-0.39, 0.29) is 0 Å². The minimum atomic E-state index is 0.335. The summed E-state index contributed by atoms with van der Waals surface area (Å²) >= 11 is 0. The summed E-state index contributed by atoms with van der Waals surface area (Å²) in [5, 5.41) is 3.37. The SMILES string of the molecule is CC(C)CNCc1cncc(OC2CCCCC2)n1. The summed E-state index contributed by atoms with van der Waals surface area (Å²) in [7, 11) is 0. The van der Waals surface area contributed by atoms with E-state index in [0.29, 0.717) is 17.9 Å². The zero-order chi connectivity index (χ0) is 13.5. The minimum Gasteiger partial charge on any atom is -0.473 e. The molecule has 0 aliphatic heterocycles. The smallest absolute Gasteiger partial charge is 0.232 e. The van der Waals surface area contributed by atoms with Gasteiger partial charge in [0.25, 0.3) is 0 Å². The van der Waals surface area contributed by atoms with Crippen LogP contribution in [0, 0.1) is 5.92 Å². The maximum absolute atomic E-state index is 5.92. The predicted octanol–water partition coefficient (Wildman–Crippen LogP) is 2.93. The lowest BCUT2D eigenvalue weighted by Gasteiger charge is -2.22. The molecule has 0 amide bonds. The first kappa shape index (κ1) is 14.3. The van der Waals surface area contributed by atoms with Crippen molar-refractivity contribution >= 4 is 0 Å². The fourth-order valence-corrected chi connectivity index (χ4v) is 2.37. The minimum absolute atomic E-state index is 0.335. The molecular weight excluding hydrogens is 238 g/mol. The molecule has 4 heteroatoms. The fourth-order valence-electron chi connectivity index (χ4n) is 2.37. The van der Waals surface area contributed by atoms with Gasteiger partial charge in [0.1, 0.15) is 6.10 Å². The van der Waals surface area contributed by atoms with Crippen LogP contribution in [-0.2, 0) is 6.54 Å². The van der Waals surface area contributed by atoms with Gasteiger partial charge in [0.2, 0.25) is 5.88 Å². The number of nitrogens with one attached hydrogen (secondary N) is 1. The van der Waals surface area contributed by atoms with Crippen molar-refractivity contribution in [2.75, 3.05) is 6.54 Å². The summed E-state index contributed by atoms with van der Waals surface area (Å²) in [6, 6.07) is 0. The van der Waals surface area contributed by atoms with Crippen molar-refractivity contribution in [2.24, 2.45) is 5.92 Å². The van der Waals surface area contributed by atoms with Gasteiger partial charge in [0.05, 0.1) is 11.9 Å². The number of rotatable bonds is 6. The zero-order valence-corrected chi connectivity index (χ0v) is 12.1. The van der Waals surface area contributed by atoms with Crippen LogP contribution in [0.25, 0.3) is 0 Å². The van der Waals surface area contributed by atoms with Crippen molar-refractivity contribution in [1.82, 2.24) is 15.3 Å². The molecule has 1 aliphatic rings. The van der Waals surface area contributed by atoms with Crippen LogP contribution in [0.5, 0.6) is 5.88 Å². The number of hydrogen-bond acceptors (Lipinski definition) is 4. The van der Waals surface area contributed by atoms with Gasteiger partial charge in [-0.05, 0) is 38.1 Å². The molecule has 0 radical (unpaired) electrons. The van der Waals surface area contributed by atoms with E-state index in [4.69, 9.17) is 4.74 Å². The van der Waals surface area contributed by atoms with E-state index in [0.717, 1.165) is 31.6 Å². The molecule has 0 atom stereocenters. The molecule has 1 saturated carbocycles. The lowest BCUT2D eigenvalue weighted by molar-refractivity contribution is 0.147. The molecule has 0 saturated heterocycles. The average Bonchev–Trinajstić information content (AvgIpc) is 2.40. The number of aromatic nitrogens is 2. The summed E-state index contributed by atoms with van der Waals surface area (Å²) < 4.78 is 5.92. The summed E-state index contributed by atoms with van der Waals surface area (Å²) in [4.78, 5) is 8.74. The van der Waals surface area contributed by atoms with E-state index >= 15 is 0 Å². The van der Waals surface area contributed by atoms with E-state index in [1.54, 1.807) is 12.4 Å². The van der Waals surface area contributed by atoms with E-state index < -0.39 is 0 Å². The molecule has 4 nitrogen and oxygen atoms in total. The van der Waals surface area contributed by atoms with Crippen molar-refractivity contribution in [1.29, 1.82) is 0 Å². The van der Waals surface area contributed by atoms with E-state index in [2.05, 4.69) is 29.1 Å². The monoisotopic (exact) mass is 263 g/mol. The van der Waals surface area contributed by atoms with Gasteiger partial charge in [-0.1, -0.05) is 20.3 Å². The van der Waals surface area contributed by atoms with Gasteiger partial charge in [0.15, 0.2) is 0 Å². The molecule has 1 aliphatic carbocycles. The third-order valence-corrected chi connectivity index (χ3v) is 3.36. The Bertz CT molecular complexity index is 375. The standard InChI is InChI=1S/C15H25N3O/c1-12(2)8-16-9-13-10-17-11-15(18-13)19-14-6-4-3-5-7-14/h10-12,14,16H,3-9H2,1-2H3. The Morgan fingerprint density at radius 3 is 2.79 bits per heavy atom. The second kappa shape index (κ2) is 7.43. The Morgan fingerprint density at radius 1 is 1.26 bits per heavy atom. The second-order valence-electron chi connectivity index (χ2n) is 5.75. The fraction of sp³-hybridized carbons (Fsp3) is 0.733. The topological polar surface area (TPSA) is 47.0 Å². The summed E-state index contributed by atoms with van der Waals surface area (Å²) in [5.41, 5.74) is 0.953. The lowest BCUT2D eigenvalue weighted by Crippen LogP contribution is -2.22. The quantitative estimate of drug-likeness (QED) is 0.857. The molecule has 1 aromatic rings. The highest BCUT2D eigenvalue weighted by Crippen LogP contribution is 2.21. The normalized spacial score (nSPS) is 16.8. The Hall–Kier alpha value is -1.16. The number of ether oxygens (including phenoxy) is 1. The molecule has 1 aromatic heterocycles. The van der Waals surface area contributed by atoms with Gasteiger partial charge >= 0.3 is 0 Å². The van der Waals surface area contributed by atoms with E-state index in [9.17, 15) is 0 Å². The van der Waals surface area contributed by atoms with E-state index in [1.165, 1.54) is 19.3 Å². The highest BCUT2D eigenvalue weighted by molar-refractivity contribution is 5.08. The predicted molar refractivity (Wildman–Crippen MR) is 76.1 cm³/mol. The molecule has 106 valence electrons. The van der Waals surface area contributed by atoms with Gasteiger partial charge in [-0.15, -0.1) is 0 Å². The molecule has 0 unspecified atom stereocenters. The molecule has 0 aromatic carbocycles. The van der Waals surface area contributed by atoms with Crippen LogP contribution in [0.2, 0.25) is 0 Å². The molecule has 0 spiro atoms. The van der Waals surface area contributed by atoms with Crippen LogP contribution < -0.4 is 10.1 Å². The van der Waals surface area contributed by atoms with Crippen molar-refractivity contribution in [3.8, 4) is 5.88 Å². The number of nitrogens with zero attached hydrogens (tertiary/aromatic N) is 2. The van der Waals surface area contributed by atoms with Gasteiger partial charge in [-0.2, -0.15) is 0 Å².